The normalized spacial score (nSPS) is 14.6. The average molecular weight is 624 g/mol. The largest absolute Gasteiger partial charge is 0.443 e. The molecule has 1 saturated heterocycles. The van der Waals surface area contributed by atoms with Crippen LogP contribution < -0.4 is 15.4 Å². The van der Waals surface area contributed by atoms with Crippen molar-refractivity contribution in [3.05, 3.63) is 77.9 Å². The Morgan fingerprint density at radius 1 is 1.09 bits per heavy atom. The van der Waals surface area contributed by atoms with E-state index >= 15 is 0 Å². The first-order chi connectivity index (χ1) is 21.9. The zero-order valence-corrected chi connectivity index (χ0v) is 27.3. The van der Waals surface area contributed by atoms with Crippen molar-refractivity contribution < 1.29 is 9.53 Å². The number of carbonyl (C=O) groups excluding carboxylic acids is 1. The number of hydrogen-bond acceptors (Lipinski definition) is 8. The highest BCUT2D eigenvalue weighted by molar-refractivity contribution is 5.97. The number of aromatic nitrogens is 6. The molecule has 4 heterocycles. The monoisotopic (exact) mass is 623 g/mol. The van der Waals surface area contributed by atoms with Gasteiger partial charge in [0.25, 0.3) is 5.56 Å². The van der Waals surface area contributed by atoms with Crippen molar-refractivity contribution in [2.75, 3.05) is 37.0 Å². The summed E-state index contributed by atoms with van der Waals surface area (Å²) in [6, 6.07) is 14.0. The van der Waals surface area contributed by atoms with Crippen LogP contribution >= 0.6 is 0 Å². The van der Waals surface area contributed by atoms with Crippen molar-refractivity contribution in [2.45, 2.75) is 51.8 Å². The maximum absolute atomic E-state index is 13.8. The number of hydrogen-bond donors (Lipinski definition) is 0. The summed E-state index contributed by atoms with van der Waals surface area (Å²) in [6.45, 7) is 11.7. The van der Waals surface area contributed by atoms with Gasteiger partial charge in [-0.1, -0.05) is 12.1 Å². The van der Waals surface area contributed by atoms with Gasteiger partial charge in [-0.25, -0.2) is 24.0 Å². The number of ether oxygens (including phenoxy) is 1. The summed E-state index contributed by atoms with van der Waals surface area (Å²) in [5.41, 5.74) is 2.56. The van der Waals surface area contributed by atoms with Gasteiger partial charge in [0.05, 0.1) is 29.6 Å². The molecule has 3 aromatic heterocycles. The molecule has 2 aromatic carbocycles. The Hall–Kier alpha value is -4.97. The highest BCUT2D eigenvalue weighted by Crippen LogP contribution is 2.30. The van der Waals surface area contributed by atoms with Gasteiger partial charge in [0.2, 0.25) is 5.95 Å². The van der Waals surface area contributed by atoms with E-state index in [9.17, 15) is 9.59 Å². The van der Waals surface area contributed by atoms with E-state index in [1.807, 2.05) is 31.3 Å². The highest BCUT2D eigenvalue weighted by Gasteiger charge is 2.29. The number of benzene rings is 2. The first kappa shape index (κ1) is 31.0. The molecule has 1 aliphatic heterocycles. The van der Waals surface area contributed by atoms with E-state index in [1.165, 1.54) is 11.1 Å². The van der Waals surface area contributed by atoms with Crippen molar-refractivity contribution in [3.8, 4) is 5.69 Å². The van der Waals surface area contributed by atoms with Crippen LogP contribution in [0.3, 0.4) is 0 Å². The molecular weight excluding hydrogens is 582 g/mol. The average Bonchev–Trinajstić information content (AvgIpc) is 3.52. The van der Waals surface area contributed by atoms with Gasteiger partial charge in [-0.15, -0.1) is 6.58 Å². The summed E-state index contributed by atoms with van der Waals surface area (Å²) < 4.78 is 11.0. The summed E-state index contributed by atoms with van der Waals surface area (Å²) in [5.74, 6) is 0.0779. The Bertz CT molecular complexity index is 1980. The first-order valence-electron chi connectivity index (χ1n) is 15.5. The molecule has 1 amide bonds. The van der Waals surface area contributed by atoms with Crippen LogP contribution in [-0.4, -0.2) is 78.9 Å². The lowest BCUT2D eigenvalue weighted by Crippen LogP contribution is -2.42. The molecule has 0 N–H and O–H groups in total. The predicted molar refractivity (Wildman–Crippen MR) is 181 cm³/mol. The molecule has 1 fully saturated rings. The third-order valence-corrected chi connectivity index (χ3v) is 8.45. The zero-order chi connectivity index (χ0) is 32.7. The molecule has 6 rings (SSSR count). The molecule has 0 saturated carbocycles. The third kappa shape index (κ3) is 5.87. The third-order valence-electron chi connectivity index (χ3n) is 8.45. The molecule has 0 atom stereocenters. The second-order valence-corrected chi connectivity index (χ2v) is 12.9. The van der Waals surface area contributed by atoms with E-state index < -0.39 is 11.7 Å². The molecule has 12 nitrogen and oxygen atoms in total. The number of allylic oxidation sites excluding steroid dienone is 1. The Balaban J connectivity index is 1.49. The molecule has 0 bridgehead atoms. The number of anilines is 3. The van der Waals surface area contributed by atoms with Gasteiger partial charge in [-0.3, -0.25) is 9.48 Å². The van der Waals surface area contributed by atoms with Gasteiger partial charge in [0.15, 0.2) is 5.65 Å². The van der Waals surface area contributed by atoms with Crippen molar-refractivity contribution in [3.63, 3.8) is 0 Å². The smallest absolute Gasteiger partial charge is 0.421 e. The summed E-state index contributed by atoms with van der Waals surface area (Å²) >= 11 is 0. The van der Waals surface area contributed by atoms with Crippen molar-refractivity contribution in [2.24, 2.45) is 7.05 Å². The number of nitrogens with zero attached hydrogens (tertiary/aromatic N) is 9. The van der Waals surface area contributed by atoms with Crippen molar-refractivity contribution in [1.29, 1.82) is 0 Å². The summed E-state index contributed by atoms with van der Waals surface area (Å²) in [5, 5.41) is 5.51. The Morgan fingerprint density at radius 2 is 1.85 bits per heavy atom. The minimum Gasteiger partial charge on any atom is -0.443 e. The van der Waals surface area contributed by atoms with E-state index in [1.54, 1.807) is 53.2 Å². The summed E-state index contributed by atoms with van der Waals surface area (Å²) in [6.07, 6.45) is 6.40. The summed E-state index contributed by atoms with van der Waals surface area (Å²) in [4.78, 5) is 42.9. The minimum atomic E-state index is -0.770. The SMILES string of the molecule is C=CCn1c(=O)c2cnc(N(C(=O)OC(C)(C)C)c3ccc4c(cnn4C)c3)nc2n1-c1cccc(N(C)C2CCN(C)CC2)c1. The molecule has 0 radical (unpaired) electrons. The molecule has 1 aliphatic rings. The predicted octanol–water partition coefficient (Wildman–Crippen LogP) is 5.26. The number of piperidine rings is 1. The molecule has 0 spiro atoms. The molecule has 5 aromatic rings. The fraction of sp³-hybridized carbons (Fsp3) is 0.382. The zero-order valence-electron chi connectivity index (χ0n) is 27.3. The number of fused-ring (bicyclic) bond motifs is 2. The quantitative estimate of drug-likeness (QED) is 0.226. The lowest BCUT2D eigenvalue weighted by atomic mass is 10.0. The number of likely N-dealkylation sites (tertiary alicyclic amines) is 1. The van der Waals surface area contributed by atoms with E-state index in [4.69, 9.17) is 9.72 Å². The molecule has 0 aliphatic carbocycles. The molecular formula is C34H41N9O3. The van der Waals surface area contributed by atoms with Gasteiger partial charge >= 0.3 is 6.09 Å². The maximum atomic E-state index is 13.8. The van der Waals surface area contributed by atoms with Crippen LogP contribution in [-0.2, 0) is 18.3 Å². The Labute approximate surface area is 268 Å². The fourth-order valence-electron chi connectivity index (χ4n) is 6.01. The number of rotatable bonds is 7. The highest BCUT2D eigenvalue weighted by atomic mass is 16.6. The van der Waals surface area contributed by atoms with Crippen LogP contribution in [0.15, 0.2) is 72.3 Å². The summed E-state index contributed by atoms with van der Waals surface area (Å²) in [7, 11) is 6.14. The molecule has 240 valence electrons. The lowest BCUT2D eigenvalue weighted by molar-refractivity contribution is 0.0597. The Morgan fingerprint density at radius 3 is 2.57 bits per heavy atom. The molecule has 0 unspecified atom stereocenters. The number of carbonyl (C=O) groups is 1. The fourth-order valence-corrected chi connectivity index (χ4v) is 6.01. The van der Waals surface area contributed by atoms with Crippen LogP contribution in [0.5, 0.6) is 0 Å². The van der Waals surface area contributed by atoms with Crippen LogP contribution in [0, 0.1) is 0 Å². The van der Waals surface area contributed by atoms with Crippen LogP contribution in [0.1, 0.15) is 33.6 Å². The first-order valence-corrected chi connectivity index (χ1v) is 15.5. The van der Waals surface area contributed by atoms with Crippen LogP contribution in [0.2, 0.25) is 0 Å². The van der Waals surface area contributed by atoms with Gasteiger partial charge in [-0.05, 0) is 90.1 Å². The van der Waals surface area contributed by atoms with Gasteiger partial charge in [0, 0.05) is 37.4 Å². The Kier molecular flexibility index (Phi) is 8.15. The topological polar surface area (TPSA) is 107 Å². The van der Waals surface area contributed by atoms with Crippen molar-refractivity contribution in [1.82, 2.24) is 34.0 Å². The van der Waals surface area contributed by atoms with Crippen LogP contribution in [0.25, 0.3) is 27.6 Å². The van der Waals surface area contributed by atoms with E-state index in [0.717, 1.165) is 48.2 Å². The number of amides is 1. The lowest BCUT2D eigenvalue weighted by Gasteiger charge is -2.36. The van der Waals surface area contributed by atoms with Gasteiger partial charge < -0.3 is 14.5 Å². The minimum absolute atomic E-state index is 0.0779. The molecule has 46 heavy (non-hydrogen) atoms. The van der Waals surface area contributed by atoms with Crippen LogP contribution in [0.4, 0.5) is 22.1 Å². The second-order valence-electron chi connectivity index (χ2n) is 12.9. The van der Waals surface area contributed by atoms with Crippen molar-refractivity contribution >= 4 is 45.4 Å². The standard InChI is InChI=1S/C34H41N9O3/c1-8-16-41-31(44)28-22-35-32(42(33(45)46-34(2,3)4)26-12-13-29-23(19-26)21-36-40(29)7)37-30(28)43(41)27-11-9-10-25(20-27)39(6)24-14-17-38(5)18-15-24/h8-13,19-22,24H,1,14-18H2,2-7H3. The van der Waals surface area contributed by atoms with Gasteiger partial charge in [0.1, 0.15) is 11.0 Å². The number of aryl methyl sites for hydroxylation is 1. The van der Waals surface area contributed by atoms with E-state index in [0.29, 0.717) is 22.8 Å². The molecule has 12 heteroatoms. The van der Waals surface area contributed by atoms with Gasteiger partial charge in [-0.2, -0.15) is 10.1 Å². The van der Waals surface area contributed by atoms with E-state index in [2.05, 4.69) is 52.7 Å². The van der Waals surface area contributed by atoms with E-state index in [-0.39, 0.29) is 18.1 Å². The maximum Gasteiger partial charge on any atom is 0.421 e. The second kappa shape index (κ2) is 12.1.